The molecule has 3 amide bonds. The van der Waals surface area contributed by atoms with Crippen LogP contribution in [0.15, 0.2) is 24.3 Å². The highest BCUT2D eigenvalue weighted by molar-refractivity contribution is 7.17. The van der Waals surface area contributed by atoms with Crippen LogP contribution in [0.3, 0.4) is 0 Å². The number of fused-ring (bicyclic) bond motifs is 1. The van der Waals surface area contributed by atoms with Gasteiger partial charge in [0.2, 0.25) is 0 Å². The second-order valence-corrected chi connectivity index (χ2v) is 7.94. The standard InChI is InChI=1S/C20H24N4O4S/c1-4-28-20(27)24-10-9-14-15(11-24)29-19(16(14)17(21)25)22-18(26)12-5-7-13(8-6-12)23(2)3/h5-8H,4,9-11H2,1-3H3,(H2,21,25)(H,22,26). The number of amides is 3. The molecule has 154 valence electrons. The Morgan fingerprint density at radius 1 is 1.24 bits per heavy atom. The van der Waals surface area contributed by atoms with Crippen LogP contribution in [0, 0.1) is 0 Å². The Bertz CT molecular complexity index is 937. The molecule has 3 N–H and O–H groups in total. The SMILES string of the molecule is CCOC(=O)N1CCc2c(sc(NC(=O)c3ccc(N(C)C)cc3)c2C(N)=O)C1. The molecule has 1 aliphatic heterocycles. The number of thiophene rings is 1. The van der Waals surface area contributed by atoms with Crippen molar-refractivity contribution < 1.29 is 19.1 Å². The van der Waals surface area contributed by atoms with Crippen molar-refractivity contribution in [2.24, 2.45) is 5.73 Å². The molecule has 0 unspecified atom stereocenters. The van der Waals surface area contributed by atoms with Gasteiger partial charge in [0.05, 0.1) is 18.7 Å². The maximum atomic E-state index is 12.7. The summed E-state index contributed by atoms with van der Waals surface area (Å²) in [6.45, 7) is 2.81. The molecule has 0 radical (unpaired) electrons. The summed E-state index contributed by atoms with van der Waals surface area (Å²) in [4.78, 5) is 41.1. The van der Waals surface area contributed by atoms with E-state index in [1.165, 1.54) is 11.3 Å². The van der Waals surface area contributed by atoms with Gasteiger partial charge in [-0.1, -0.05) is 0 Å². The van der Waals surface area contributed by atoms with E-state index in [9.17, 15) is 14.4 Å². The van der Waals surface area contributed by atoms with E-state index in [2.05, 4.69) is 5.32 Å². The van der Waals surface area contributed by atoms with Crippen molar-refractivity contribution in [1.82, 2.24) is 4.90 Å². The number of carbonyl (C=O) groups excluding carboxylic acids is 3. The minimum atomic E-state index is -0.592. The smallest absolute Gasteiger partial charge is 0.410 e. The summed E-state index contributed by atoms with van der Waals surface area (Å²) in [7, 11) is 3.84. The van der Waals surface area contributed by atoms with Crippen LogP contribution in [-0.2, 0) is 17.7 Å². The van der Waals surface area contributed by atoms with Crippen molar-refractivity contribution in [2.45, 2.75) is 19.9 Å². The summed E-state index contributed by atoms with van der Waals surface area (Å²) in [5.41, 5.74) is 8.17. The fraction of sp³-hybridized carbons (Fsp3) is 0.350. The molecule has 1 aromatic heterocycles. The number of carbonyl (C=O) groups is 3. The number of hydrogen-bond acceptors (Lipinski definition) is 6. The maximum Gasteiger partial charge on any atom is 0.410 e. The first-order chi connectivity index (χ1) is 13.8. The number of nitrogens with zero attached hydrogens (tertiary/aromatic N) is 2. The Hall–Kier alpha value is -3.07. The van der Waals surface area contributed by atoms with Crippen LogP contribution in [0.5, 0.6) is 0 Å². The van der Waals surface area contributed by atoms with Gasteiger partial charge < -0.3 is 25.6 Å². The molecular weight excluding hydrogens is 392 g/mol. The zero-order valence-corrected chi connectivity index (χ0v) is 17.5. The number of rotatable bonds is 5. The minimum absolute atomic E-state index is 0.299. The number of ether oxygens (including phenoxy) is 1. The first-order valence-electron chi connectivity index (χ1n) is 9.26. The van der Waals surface area contributed by atoms with Crippen LogP contribution in [0.25, 0.3) is 0 Å². The first-order valence-corrected chi connectivity index (χ1v) is 10.1. The van der Waals surface area contributed by atoms with Crippen molar-refractivity contribution >= 4 is 39.9 Å². The lowest BCUT2D eigenvalue weighted by molar-refractivity contribution is 0.0997. The zero-order valence-electron chi connectivity index (χ0n) is 16.7. The fourth-order valence-electron chi connectivity index (χ4n) is 3.21. The van der Waals surface area contributed by atoms with Gasteiger partial charge in [-0.05, 0) is 43.2 Å². The zero-order chi connectivity index (χ0) is 21.1. The normalized spacial score (nSPS) is 12.9. The van der Waals surface area contributed by atoms with Gasteiger partial charge in [0.1, 0.15) is 5.00 Å². The number of benzene rings is 1. The summed E-state index contributed by atoms with van der Waals surface area (Å²) in [5, 5.41) is 3.23. The molecule has 0 fully saturated rings. The number of anilines is 2. The van der Waals surface area contributed by atoms with E-state index in [-0.39, 0.29) is 5.91 Å². The summed E-state index contributed by atoms with van der Waals surface area (Å²) in [5.74, 6) is -0.913. The van der Waals surface area contributed by atoms with E-state index in [1.807, 2.05) is 31.1 Å². The molecule has 0 aliphatic carbocycles. The van der Waals surface area contributed by atoms with Crippen molar-refractivity contribution in [3.63, 3.8) is 0 Å². The van der Waals surface area contributed by atoms with Crippen LogP contribution in [0.1, 0.15) is 38.1 Å². The second-order valence-electron chi connectivity index (χ2n) is 6.84. The Kier molecular flexibility index (Phi) is 6.07. The Morgan fingerprint density at radius 2 is 1.93 bits per heavy atom. The van der Waals surface area contributed by atoms with Crippen LogP contribution >= 0.6 is 11.3 Å². The van der Waals surface area contributed by atoms with Gasteiger partial charge >= 0.3 is 6.09 Å². The minimum Gasteiger partial charge on any atom is -0.450 e. The molecule has 2 heterocycles. The molecule has 0 saturated heterocycles. The van der Waals surface area contributed by atoms with Gasteiger partial charge in [0.25, 0.3) is 11.8 Å². The summed E-state index contributed by atoms with van der Waals surface area (Å²) in [6, 6.07) is 7.15. The van der Waals surface area contributed by atoms with E-state index >= 15 is 0 Å². The third-order valence-corrected chi connectivity index (χ3v) is 5.83. The molecule has 2 aromatic rings. The monoisotopic (exact) mass is 416 g/mol. The second kappa shape index (κ2) is 8.52. The number of nitrogens with two attached hydrogens (primary N) is 1. The molecule has 9 heteroatoms. The van der Waals surface area contributed by atoms with Gasteiger partial charge in [-0.3, -0.25) is 9.59 Å². The van der Waals surface area contributed by atoms with E-state index in [0.717, 1.165) is 16.1 Å². The Labute approximate surface area is 173 Å². The Balaban J connectivity index is 1.83. The van der Waals surface area contributed by atoms with Crippen LogP contribution in [0.4, 0.5) is 15.5 Å². The lowest BCUT2D eigenvalue weighted by Crippen LogP contribution is -2.36. The van der Waals surface area contributed by atoms with Crippen LogP contribution in [-0.4, -0.2) is 50.1 Å². The average molecular weight is 417 g/mol. The predicted octanol–water partition coefficient (Wildman–Crippen LogP) is 2.68. The van der Waals surface area contributed by atoms with Crippen molar-refractivity contribution in [1.29, 1.82) is 0 Å². The number of nitrogens with one attached hydrogen (secondary N) is 1. The Morgan fingerprint density at radius 3 is 2.52 bits per heavy atom. The molecule has 3 rings (SSSR count). The van der Waals surface area contributed by atoms with Crippen molar-refractivity contribution in [3.8, 4) is 0 Å². The molecule has 1 aromatic carbocycles. The lowest BCUT2D eigenvalue weighted by Gasteiger charge is -2.26. The largest absolute Gasteiger partial charge is 0.450 e. The van der Waals surface area contributed by atoms with Crippen molar-refractivity contribution in [2.75, 3.05) is 37.5 Å². The van der Waals surface area contributed by atoms with E-state index in [4.69, 9.17) is 10.5 Å². The molecule has 29 heavy (non-hydrogen) atoms. The topological polar surface area (TPSA) is 105 Å². The van der Waals surface area contributed by atoms with Crippen LogP contribution < -0.4 is 16.0 Å². The van der Waals surface area contributed by atoms with Crippen LogP contribution in [0.2, 0.25) is 0 Å². The molecule has 8 nitrogen and oxygen atoms in total. The lowest BCUT2D eigenvalue weighted by atomic mass is 10.0. The molecule has 0 bridgehead atoms. The highest BCUT2D eigenvalue weighted by Crippen LogP contribution is 2.37. The quantitative estimate of drug-likeness (QED) is 0.780. The highest BCUT2D eigenvalue weighted by Gasteiger charge is 2.30. The molecule has 0 spiro atoms. The number of hydrogen-bond donors (Lipinski definition) is 2. The first kappa shape index (κ1) is 20.7. The molecule has 0 atom stereocenters. The maximum absolute atomic E-state index is 12.7. The molecular formula is C20H24N4O4S. The highest BCUT2D eigenvalue weighted by atomic mass is 32.1. The fourth-order valence-corrected chi connectivity index (χ4v) is 4.47. The van der Waals surface area contributed by atoms with Gasteiger partial charge in [-0.15, -0.1) is 11.3 Å². The van der Waals surface area contributed by atoms with Gasteiger partial charge in [0.15, 0.2) is 0 Å². The molecule has 0 saturated carbocycles. The summed E-state index contributed by atoms with van der Waals surface area (Å²) < 4.78 is 5.06. The van der Waals surface area contributed by atoms with Crippen molar-refractivity contribution in [3.05, 3.63) is 45.8 Å². The van der Waals surface area contributed by atoms with Gasteiger partial charge in [-0.25, -0.2) is 4.79 Å². The number of primary amides is 1. The van der Waals surface area contributed by atoms with Gasteiger partial charge in [-0.2, -0.15) is 0 Å². The predicted molar refractivity (Wildman–Crippen MR) is 113 cm³/mol. The van der Waals surface area contributed by atoms with E-state index < -0.39 is 12.0 Å². The average Bonchev–Trinajstić information content (AvgIpc) is 3.05. The van der Waals surface area contributed by atoms with E-state index in [0.29, 0.717) is 42.2 Å². The van der Waals surface area contributed by atoms with Gasteiger partial charge in [0, 0.05) is 36.8 Å². The summed E-state index contributed by atoms with van der Waals surface area (Å²) in [6.07, 6.45) is 0.0924. The summed E-state index contributed by atoms with van der Waals surface area (Å²) >= 11 is 1.27. The third kappa shape index (κ3) is 4.34. The van der Waals surface area contributed by atoms with E-state index in [1.54, 1.807) is 24.0 Å². The third-order valence-electron chi connectivity index (χ3n) is 4.70. The molecule has 1 aliphatic rings.